The Bertz CT molecular complexity index is 350. The highest BCUT2D eigenvalue weighted by Gasteiger charge is 2.05. The maximum Gasteiger partial charge on any atom is 0.341 e. The van der Waals surface area contributed by atoms with Crippen LogP contribution in [0.1, 0.15) is 18.9 Å². The number of benzene rings is 1. The van der Waals surface area contributed by atoms with E-state index in [2.05, 4.69) is 0 Å². The maximum absolute atomic E-state index is 10.4. The van der Waals surface area contributed by atoms with E-state index in [0.717, 1.165) is 18.4 Å². The van der Waals surface area contributed by atoms with Crippen molar-refractivity contribution >= 4 is 17.6 Å². The summed E-state index contributed by atoms with van der Waals surface area (Å²) in [5.41, 5.74) is 0.950. The Kier molecular flexibility index (Phi) is 4.43. The minimum Gasteiger partial charge on any atom is -0.482 e. The van der Waals surface area contributed by atoms with Crippen molar-refractivity contribution in [2.24, 2.45) is 0 Å². The Balaban J connectivity index is 2.80. The standard InChI is InChI=1S/C11H13ClO3/c1-2-3-8-6-9(12)4-5-10(8)15-7-11(13)14/h4-6H,2-3,7H2,1H3,(H,13,14). The summed E-state index contributed by atoms with van der Waals surface area (Å²) in [6, 6.07) is 5.20. The molecule has 1 aromatic carbocycles. The SMILES string of the molecule is CCCc1cc(Cl)ccc1OCC(=O)O. The van der Waals surface area contributed by atoms with E-state index in [4.69, 9.17) is 21.4 Å². The molecular formula is C11H13ClO3. The fourth-order valence-electron chi connectivity index (χ4n) is 1.29. The first-order chi connectivity index (χ1) is 7.13. The Morgan fingerprint density at radius 3 is 2.87 bits per heavy atom. The van der Waals surface area contributed by atoms with E-state index in [1.807, 2.05) is 13.0 Å². The van der Waals surface area contributed by atoms with Crippen molar-refractivity contribution in [1.29, 1.82) is 0 Å². The first-order valence-corrected chi connectivity index (χ1v) is 5.14. The van der Waals surface area contributed by atoms with E-state index < -0.39 is 5.97 Å². The van der Waals surface area contributed by atoms with Gasteiger partial charge in [-0.2, -0.15) is 0 Å². The third kappa shape index (κ3) is 3.80. The molecule has 0 unspecified atom stereocenters. The van der Waals surface area contributed by atoms with Gasteiger partial charge in [-0.05, 0) is 30.2 Å². The van der Waals surface area contributed by atoms with Crippen molar-refractivity contribution < 1.29 is 14.6 Å². The van der Waals surface area contributed by atoms with Crippen LogP contribution in [0.2, 0.25) is 5.02 Å². The minimum atomic E-state index is -0.979. The van der Waals surface area contributed by atoms with E-state index >= 15 is 0 Å². The zero-order chi connectivity index (χ0) is 11.3. The number of ether oxygens (including phenoxy) is 1. The summed E-state index contributed by atoms with van der Waals surface area (Å²) in [5.74, 6) is -0.379. The van der Waals surface area contributed by atoms with Crippen LogP contribution >= 0.6 is 11.6 Å². The molecule has 82 valence electrons. The Labute approximate surface area is 93.6 Å². The number of hydrogen-bond donors (Lipinski definition) is 1. The first-order valence-electron chi connectivity index (χ1n) is 4.76. The van der Waals surface area contributed by atoms with E-state index in [9.17, 15) is 4.79 Å². The van der Waals surface area contributed by atoms with Gasteiger partial charge in [0.15, 0.2) is 6.61 Å². The monoisotopic (exact) mass is 228 g/mol. The lowest BCUT2D eigenvalue weighted by molar-refractivity contribution is -0.139. The molecule has 0 heterocycles. The number of carboxylic acids is 1. The largest absolute Gasteiger partial charge is 0.482 e. The van der Waals surface area contributed by atoms with Crippen LogP contribution in [0.15, 0.2) is 18.2 Å². The summed E-state index contributed by atoms with van der Waals surface area (Å²) in [5, 5.41) is 9.14. The third-order valence-electron chi connectivity index (χ3n) is 1.89. The normalized spacial score (nSPS) is 10.0. The molecule has 1 rings (SSSR count). The highest BCUT2D eigenvalue weighted by Crippen LogP contribution is 2.24. The smallest absolute Gasteiger partial charge is 0.341 e. The molecular weight excluding hydrogens is 216 g/mol. The molecule has 3 nitrogen and oxygen atoms in total. The second-order valence-corrected chi connectivity index (χ2v) is 3.62. The number of aliphatic carboxylic acids is 1. The summed E-state index contributed by atoms with van der Waals surface area (Å²) in [6.45, 7) is 1.72. The highest BCUT2D eigenvalue weighted by molar-refractivity contribution is 6.30. The van der Waals surface area contributed by atoms with Crippen LogP contribution in [-0.4, -0.2) is 17.7 Å². The van der Waals surface area contributed by atoms with Gasteiger partial charge < -0.3 is 9.84 Å². The van der Waals surface area contributed by atoms with Gasteiger partial charge in [0.05, 0.1) is 0 Å². The summed E-state index contributed by atoms with van der Waals surface area (Å²) in [7, 11) is 0. The van der Waals surface area contributed by atoms with Crippen molar-refractivity contribution in [3.63, 3.8) is 0 Å². The fourth-order valence-corrected chi connectivity index (χ4v) is 1.49. The van der Waals surface area contributed by atoms with Gasteiger partial charge in [-0.15, -0.1) is 0 Å². The molecule has 0 spiro atoms. The lowest BCUT2D eigenvalue weighted by Crippen LogP contribution is -2.10. The molecule has 4 heteroatoms. The van der Waals surface area contributed by atoms with Crippen LogP contribution in [0.3, 0.4) is 0 Å². The molecule has 0 aromatic heterocycles. The zero-order valence-electron chi connectivity index (χ0n) is 8.50. The number of rotatable bonds is 5. The molecule has 0 atom stereocenters. The molecule has 0 bridgehead atoms. The quantitative estimate of drug-likeness (QED) is 0.843. The maximum atomic E-state index is 10.4. The fraction of sp³-hybridized carbons (Fsp3) is 0.364. The minimum absolute atomic E-state index is 0.321. The van der Waals surface area contributed by atoms with Crippen molar-refractivity contribution in [3.05, 3.63) is 28.8 Å². The van der Waals surface area contributed by atoms with Gasteiger partial charge in [-0.1, -0.05) is 24.9 Å². The van der Waals surface area contributed by atoms with Crippen molar-refractivity contribution in [2.45, 2.75) is 19.8 Å². The van der Waals surface area contributed by atoms with Gasteiger partial charge >= 0.3 is 5.97 Å². The average molecular weight is 229 g/mol. The molecule has 0 aliphatic heterocycles. The summed E-state index contributed by atoms with van der Waals surface area (Å²) in [4.78, 5) is 10.4. The van der Waals surface area contributed by atoms with Gasteiger partial charge in [0, 0.05) is 5.02 Å². The first kappa shape index (κ1) is 11.9. The zero-order valence-corrected chi connectivity index (χ0v) is 9.25. The number of carbonyl (C=O) groups is 1. The number of halogens is 1. The van der Waals surface area contributed by atoms with Gasteiger partial charge in [0.2, 0.25) is 0 Å². The summed E-state index contributed by atoms with van der Waals surface area (Å²) < 4.78 is 5.15. The predicted octanol–water partition coefficient (Wildman–Crippen LogP) is 2.76. The highest BCUT2D eigenvalue weighted by atomic mass is 35.5. The predicted molar refractivity (Wildman–Crippen MR) is 58.6 cm³/mol. The molecule has 0 saturated carbocycles. The van der Waals surface area contributed by atoms with Gasteiger partial charge in [0.25, 0.3) is 0 Å². The van der Waals surface area contributed by atoms with E-state index in [0.29, 0.717) is 10.8 Å². The van der Waals surface area contributed by atoms with Gasteiger partial charge in [-0.25, -0.2) is 4.79 Å². The van der Waals surface area contributed by atoms with Gasteiger partial charge in [0.1, 0.15) is 5.75 Å². The topological polar surface area (TPSA) is 46.5 Å². The third-order valence-corrected chi connectivity index (χ3v) is 2.13. The van der Waals surface area contributed by atoms with Crippen LogP contribution in [0.5, 0.6) is 5.75 Å². The number of hydrogen-bond acceptors (Lipinski definition) is 2. The molecule has 1 N–H and O–H groups in total. The van der Waals surface area contributed by atoms with Crippen molar-refractivity contribution in [1.82, 2.24) is 0 Å². The van der Waals surface area contributed by atoms with Gasteiger partial charge in [-0.3, -0.25) is 0 Å². The summed E-state index contributed by atoms with van der Waals surface area (Å²) in [6.07, 6.45) is 1.79. The van der Waals surface area contributed by atoms with Crippen LogP contribution in [0.25, 0.3) is 0 Å². The Morgan fingerprint density at radius 2 is 2.27 bits per heavy atom. The molecule has 0 saturated heterocycles. The van der Waals surface area contributed by atoms with Crippen LogP contribution in [0, 0.1) is 0 Å². The Hall–Kier alpha value is -1.22. The number of carboxylic acid groups (broad SMARTS) is 1. The van der Waals surface area contributed by atoms with Crippen molar-refractivity contribution in [3.8, 4) is 5.75 Å². The lowest BCUT2D eigenvalue weighted by Gasteiger charge is -2.09. The second-order valence-electron chi connectivity index (χ2n) is 3.18. The van der Waals surface area contributed by atoms with E-state index in [-0.39, 0.29) is 6.61 Å². The molecule has 0 aliphatic carbocycles. The molecule has 0 aliphatic rings. The second kappa shape index (κ2) is 5.61. The van der Waals surface area contributed by atoms with E-state index in [1.54, 1.807) is 12.1 Å². The molecule has 0 amide bonds. The Morgan fingerprint density at radius 1 is 1.53 bits per heavy atom. The molecule has 0 fully saturated rings. The molecule has 1 aromatic rings. The van der Waals surface area contributed by atoms with Crippen LogP contribution < -0.4 is 4.74 Å². The van der Waals surface area contributed by atoms with Crippen LogP contribution in [0.4, 0.5) is 0 Å². The van der Waals surface area contributed by atoms with Crippen LogP contribution in [-0.2, 0) is 11.2 Å². The lowest BCUT2D eigenvalue weighted by atomic mass is 10.1. The van der Waals surface area contributed by atoms with E-state index in [1.165, 1.54) is 0 Å². The molecule has 0 radical (unpaired) electrons. The summed E-state index contributed by atoms with van der Waals surface area (Å²) >= 11 is 5.84. The average Bonchev–Trinajstić information content (AvgIpc) is 2.17. The molecule has 15 heavy (non-hydrogen) atoms. The van der Waals surface area contributed by atoms with Crippen molar-refractivity contribution in [2.75, 3.05) is 6.61 Å². The number of aryl methyl sites for hydroxylation is 1.